The Balaban J connectivity index is 2.21. The van der Waals surface area contributed by atoms with Crippen LogP contribution in [0.15, 0.2) is 12.2 Å². The lowest BCUT2D eigenvalue weighted by Gasteiger charge is -2.24. The van der Waals surface area contributed by atoms with Crippen LogP contribution in [-0.4, -0.2) is 0 Å². The lowest BCUT2D eigenvalue weighted by atomic mass is 9.81. The van der Waals surface area contributed by atoms with Gasteiger partial charge in [0, 0.05) is 10.6 Å². The van der Waals surface area contributed by atoms with Crippen molar-refractivity contribution in [3.05, 3.63) is 44.8 Å². The number of allylic oxidation sites excluding steroid dienone is 2. The van der Waals surface area contributed by atoms with E-state index < -0.39 is 0 Å². The quantitative estimate of drug-likeness (QED) is 0.675. The highest BCUT2D eigenvalue weighted by Gasteiger charge is 2.21. The van der Waals surface area contributed by atoms with Crippen LogP contribution in [0.4, 0.5) is 0 Å². The van der Waals surface area contributed by atoms with E-state index in [0.29, 0.717) is 0 Å². The summed E-state index contributed by atoms with van der Waals surface area (Å²) < 4.78 is 0. The van der Waals surface area contributed by atoms with Gasteiger partial charge in [-0.05, 0) is 65.7 Å². The van der Waals surface area contributed by atoms with Crippen molar-refractivity contribution in [3.63, 3.8) is 0 Å². The minimum atomic E-state index is 0.974. The lowest BCUT2D eigenvalue weighted by Crippen LogP contribution is -2.36. The van der Waals surface area contributed by atoms with E-state index in [1.165, 1.54) is 40.0 Å². The van der Waals surface area contributed by atoms with Gasteiger partial charge >= 0.3 is 0 Å². The molecule has 4 rings (SSSR count). The molecular weight excluding hydrogens is 252 g/mol. The summed E-state index contributed by atoms with van der Waals surface area (Å²) in [4.78, 5) is 0. The minimum Gasteiger partial charge on any atom is -0.0840 e. The number of halogens is 1. The average molecular weight is 269 g/mol. The van der Waals surface area contributed by atoms with Crippen molar-refractivity contribution in [2.75, 3.05) is 0 Å². The molecule has 1 aromatic rings. The van der Waals surface area contributed by atoms with Crippen LogP contribution in [0.25, 0.3) is 23.3 Å². The summed E-state index contributed by atoms with van der Waals surface area (Å²) in [5.41, 5.74) is 5.90. The molecule has 0 bridgehead atoms. The summed E-state index contributed by atoms with van der Waals surface area (Å²) in [5, 5.41) is 3.80. The van der Waals surface area contributed by atoms with E-state index in [2.05, 4.69) is 30.4 Å². The molecular formula is C18H17Cl. The maximum atomic E-state index is 6.54. The third-order valence-electron chi connectivity index (χ3n) is 4.51. The second-order valence-corrected chi connectivity index (χ2v) is 6.00. The molecule has 0 fully saturated rings. The summed E-state index contributed by atoms with van der Waals surface area (Å²) in [7, 11) is 0. The van der Waals surface area contributed by atoms with Gasteiger partial charge in [0.1, 0.15) is 0 Å². The molecule has 0 saturated heterocycles. The van der Waals surface area contributed by atoms with E-state index in [4.69, 9.17) is 11.6 Å². The molecule has 0 nitrogen and oxygen atoms in total. The van der Waals surface area contributed by atoms with Gasteiger partial charge < -0.3 is 0 Å². The Morgan fingerprint density at radius 2 is 1.58 bits per heavy atom. The van der Waals surface area contributed by atoms with E-state index in [-0.39, 0.29) is 0 Å². The average Bonchev–Trinajstić information content (AvgIpc) is 2.47. The molecule has 0 amide bonds. The molecule has 0 N–H and O–H groups in total. The zero-order chi connectivity index (χ0) is 12.8. The fourth-order valence-corrected chi connectivity index (χ4v) is 4.03. The monoisotopic (exact) mass is 268 g/mol. The number of hydrogen-bond acceptors (Lipinski definition) is 0. The highest BCUT2D eigenvalue weighted by molar-refractivity contribution is 6.49. The number of rotatable bonds is 0. The third kappa shape index (κ3) is 1.66. The fraction of sp³-hybridized carbons (Fsp3) is 0.333. The zero-order valence-corrected chi connectivity index (χ0v) is 11.8. The topological polar surface area (TPSA) is 0 Å². The lowest BCUT2D eigenvalue weighted by molar-refractivity contribution is 0.895. The van der Waals surface area contributed by atoms with Crippen molar-refractivity contribution in [3.8, 4) is 0 Å². The smallest absolute Gasteiger partial charge is 0.0447 e. The molecule has 0 heterocycles. The van der Waals surface area contributed by atoms with Gasteiger partial charge in [-0.25, -0.2) is 0 Å². The van der Waals surface area contributed by atoms with Crippen molar-refractivity contribution in [2.24, 2.45) is 0 Å². The zero-order valence-electron chi connectivity index (χ0n) is 11.0. The standard InChI is InChI=1S/C18H17Cl/c19-17-11-5-10-16-14-7-2-1-6-12(14)13-8-3-4-9-15(13)18(16)17/h1,6,8-9,11H,2-5,7,10H2. The molecule has 0 aromatic heterocycles. The molecule has 3 aliphatic rings. The summed E-state index contributed by atoms with van der Waals surface area (Å²) in [5.74, 6) is 0. The van der Waals surface area contributed by atoms with Gasteiger partial charge in [-0.15, -0.1) is 0 Å². The van der Waals surface area contributed by atoms with Gasteiger partial charge in [-0.2, -0.15) is 0 Å². The Morgan fingerprint density at radius 1 is 0.789 bits per heavy atom. The molecule has 3 aliphatic carbocycles. The first-order chi connectivity index (χ1) is 9.36. The molecule has 0 unspecified atom stereocenters. The van der Waals surface area contributed by atoms with Crippen LogP contribution < -0.4 is 10.4 Å². The van der Waals surface area contributed by atoms with Crippen LogP contribution in [0, 0.1) is 0 Å². The van der Waals surface area contributed by atoms with Crippen LogP contribution in [0.3, 0.4) is 0 Å². The van der Waals surface area contributed by atoms with Crippen LogP contribution in [-0.2, 0) is 12.8 Å². The van der Waals surface area contributed by atoms with E-state index in [9.17, 15) is 0 Å². The van der Waals surface area contributed by atoms with Crippen molar-refractivity contribution in [1.29, 1.82) is 0 Å². The third-order valence-corrected chi connectivity index (χ3v) is 4.85. The molecule has 0 saturated carbocycles. The fourth-order valence-electron chi connectivity index (χ4n) is 3.70. The molecule has 96 valence electrons. The van der Waals surface area contributed by atoms with E-state index in [1.807, 2.05) is 0 Å². The second-order valence-electron chi connectivity index (χ2n) is 5.59. The predicted molar refractivity (Wildman–Crippen MR) is 83.4 cm³/mol. The summed E-state index contributed by atoms with van der Waals surface area (Å²) >= 11 is 6.54. The minimum absolute atomic E-state index is 0.974. The number of hydrogen-bond donors (Lipinski definition) is 0. The van der Waals surface area contributed by atoms with E-state index in [1.54, 1.807) is 5.56 Å². The molecule has 0 spiro atoms. The molecule has 1 aromatic carbocycles. The van der Waals surface area contributed by atoms with Gasteiger partial charge in [0.15, 0.2) is 0 Å². The molecule has 0 radical (unpaired) electrons. The highest BCUT2D eigenvalue weighted by Crippen LogP contribution is 2.32. The van der Waals surface area contributed by atoms with Crippen LogP contribution in [0.1, 0.15) is 47.9 Å². The molecule has 0 aliphatic heterocycles. The number of benzene rings is 1. The molecule has 19 heavy (non-hydrogen) atoms. The van der Waals surface area contributed by atoms with Gasteiger partial charge in [0.05, 0.1) is 0 Å². The maximum Gasteiger partial charge on any atom is 0.0447 e. The Hall–Kier alpha value is -1.27. The SMILES string of the molecule is ClC1=CCCc2c3c(c4c(c21)=CCCC=4)C=CCC3. The molecule has 0 atom stereocenters. The predicted octanol–water partition coefficient (Wildman–Crippen LogP) is 3.53. The first kappa shape index (κ1) is 11.5. The number of fused-ring (bicyclic) bond motifs is 6. The molecule has 1 heteroatoms. The largest absolute Gasteiger partial charge is 0.0840 e. The maximum absolute atomic E-state index is 6.54. The normalized spacial score (nSPS) is 19.5. The Bertz CT molecular complexity index is 732. The van der Waals surface area contributed by atoms with Crippen molar-refractivity contribution < 1.29 is 0 Å². The van der Waals surface area contributed by atoms with Crippen molar-refractivity contribution in [1.82, 2.24) is 0 Å². The van der Waals surface area contributed by atoms with Crippen molar-refractivity contribution >= 4 is 34.9 Å². The van der Waals surface area contributed by atoms with Crippen LogP contribution >= 0.6 is 11.6 Å². The van der Waals surface area contributed by atoms with Gasteiger partial charge in [0.25, 0.3) is 0 Å². The van der Waals surface area contributed by atoms with Crippen molar-refractivity contribution in [2.45, 2.75) is 38.5 Å². The first-order valence-corrected chi connectivity index (χ1v) is 7.65. The Morgan fingerprint density at radius 3 is 2.47 bits per heavy atom. The summed E-state index contributed by atoms with van der Waals surface area (Å²) in [6.45, 7) is 0. The van der Waals surface area contributed by atoms with E-state index in [0.717, 1.165) is 30.7 Å². The van der Waals surface area contributed by atoms with Gasteiger partial charge in [0.2, 0.25) is 0 Å². The van der Waals surface area contributed by atoms with Crippen LogP contribution in [0.2, 0.25) is 0 Å². The summed E-state index contributed by atoms with van der Waals surface area (Å²) in [6, 6.07) is 0. The van der Waals surface area contributed by atoms with E-state index >= 15 is 0 Å². The van der Waals surface area contributed by atoms with Gasteiger partial charge in [-0.3, -0.25) is 0 Å². The second kappa shape index (κ2) is 4.38. The highest BCUT2D eigenvalue weighted by atomic mass is 35.5. The van der Waals surface area contributed by atoms with Gasteiger partial charge in [-0.1, -0.05) is 42.0 Å². The van der Waals surface area contributed by atoms with Crippen LogP contribution in [0.5, 0.6) is 0 Å². The Kier molecular flexibility index (Phi) is 2.66. The summed E-state index contributed by atoms with van der Waals surface area (Å²) in [6.07, 6.45) is 18.5. The Labute approximate surface area is 118 Å². The first-order valence-electron chi connectivity index (χ1n) is 7.27.